The van der Waals surface area contributed by atoms with Gasteiger partial charge in [-0.25, -0.2) is 4.98 Å². The molecule has 1 unspecified atom stereocenters. The third-order valence-corrected chi connectivity index (χ3v) is 1.97. The van der Waals surface area contributed by atoms with E-state index >= 15 is 0 Å². The van der Waals surface area contributed by atoms with E-state index in [4.69, 9.17) is 0 Å². The zero-order chi connectivity index (χ0) is 8.81. The van der Waals surface area contributed by atoms with E-state index in [2.05, 4.69) is 29.1 Å². The van der Waals surface area contributed by atoms with Crippen LogP contribution in [0.1, 0.15) is 33.1 Å². The molecular formula is C9H17N3. The molecule has 12 heavy (non-hydrogen) atoms. The number of nitrogens with one attached hydrogen (secondary N) is 2. The van der Waals surface area contributed by atoms with Crippen LogP contribution in [0, 0.1) is 0 Å². The van der Waals surface area contributed by atoms with Gasteiger partial charge in [0.15, 0.2) is 5.95 Å². The second-order valence-corrected chi connectivity index (χ2v) is 2.98. The van der Waals surface area contributed by atoms with Gasteiger partial charge in [-0.15, -0.1) is 0 Å². The molecule has 1 heterocycles. The van der Waals surface area contributed by atoms with Crippen molar-refractivity contribution in [3.8, 4) is 0 Å². The van der Waals surface area contributed by atoms with Gasteiger partial charge in [-0.1, -0.05) is 20.3 Å². The van der Waals surface area contributed by atoms with Crippen molar-refractivity contribution in [3.05, 3.63) is 12.4 Å². The minimum absolute atomic E-state index is 0.557. The number of anilines is 1. The van der Waals surface area contributed by atoms with Crippen molar-refractivity contribution in [2.45, 2.75) is 39.2 Å². The summed E-state index contributed by atoms with van der Waals surface area (Å²) >= 11 is 0. The van der Waals surface area contributed by atoms with Crippen LogP contribution >= 0.6 is 0 Å². The quantitative estimate of drug-likeness (QED) is 0.707. The molecule has 0 saturated heterocycles. The molecule has 0 aliphatic rings. The topological polar surface area (TPSA) is 40.7 Å². The van der Waals surface area contributed by atoms with Crippen molar-refractivity contribution in [1.82, 2.24) is 9.97 Å². The molecule has 3 nitrogen and oxygen atoms in total. The minimum Gasteiger partial charge on any atom is -0.353 e. The Kier molecular flexibility index (Phi) is 3.64. The Balaban J connectivity index is 2.37. The lowest BCUT2D eigenvalue weighted by molar-refractivity contribution is 0.618. The second-order valence-electron chi connectivity index (χ2n) is 2.98. The van der Waals surface area contributed by atoms with Gasteiger partial charge in [0.25, 0.3) is 0 Å². The Bertz CT molecular complexity index is 194. The molecule has 0 bridgehead atoms. The van der Waals surface area contributed by atoms with Crippen LogP contribution in [0.4, 0.5) is 5.95 Å². The van der Waals surface area contributed by atoms with Gasteiger partial charge >= 0.3 is 0 Å². The van der Waals surface area contributed by atoms with Gasteiger partial charge < -0.3 is 10.3 Å². The molecule has 0 aliphatic heterocycles. The van der Waals surface area contributed by atoms with Crippen molar-refractivity contribution in [2.75, 3.05) is 5.32 Å². The van der Waals surface area contributed by atoms with E-state index in [9.17, 15) is 0 Å². The molecule has 1 aromatic heterocycles. The Morgan fingerprint density at radius 3 is 2.92 bits per heavy atom. The van der Waals surface area contributed by atoms with Crippen LogP contribution in [0.5, 0.6) is 0 Å². The molecule has 0 saturated carbocycles. The lowest BCUT2D eigenvalue weighted by Crippen LogP contribution is -2.18. The summed E-state index contributed by atoms with van der Waals surface area (Å²) in [6.07, 6.45) is 7.17. The first-order chi connectivity index (χ1) is 5.86. The predicted octanol–water partition coefficient (Wildman–Crippen LogP) is 2.40. The lowest BCUT2D eigenvalue weighted by Gasteiger charge is -2.14. The van der Waals surface area contributed by atoms with Crippen molar-refractivity contribution >= 4 is 5.95 Å². The largest absolute Gasteiger partial charge is 0.353 e. The molecule has 68 valence electrons. The van der Waals surface area contributed by atoms with Crippen LogP contribution in [-0.2, 0) is 0 Å². The predicted molar refractivity (Wildman–Crippen MR) is 51.2 cm³/mol. The maximum absolute atomic E-state index is 4.12. The highest BCUT2D eigenvalue weighted by molar-refractivity contribution is 5.24. The van der Waals surface area contributed by atoms with E-state index in [1.165, 1.54) is 12.8 Å². The SMILES string of the molecule is CCCC(CC)Nc1ncc[nH]1. The first kappa shape index (κ1) is 9.10. The van der Waals surface area contributed by atoms with Crippen molar-refractivity contribution in [3.63, 3.8) is 0 Å². The zero-order valence-corrected chi connectivity index (χ0v) is 7.80. The maximum Gasteiger partial charge on any atom is 0.200 e. The maximum atomic E-state index is 4.12. The highest BCUT2D eigenvalue weighted by Gasteiger charge is 2.04. The number of imidazole rings is 1. The molecule has 1 atom stereocenters. The standard InChI is InChI=1S/C9H17N3/c1-3-5-8(4-2)12-9-10-6-7-11-9/h6-8H,3-5H2,1-2H3,(H2,10,11,12). The second kappa shape index (κ2) is 4.80. The Morgan fingerprint density at radius 1 is 1.58 bits per heavy atom. The first-order valence-electron chi connectivity index (χ1n) is 4.62. The van der Waals surface area contributed by atoms with Crippen LogP contribution in [0.25, 0.3) is 0 Å². The number of nitrogens with zero attached hydrogens (tertiary/aromatic N) is 1. The van der Waals surface area contributed by atoms with Crippen LogP contribution in [0.15, 0.2) is 12.4 Å². The van der Waals surface area contributed by atoms with Crippen LogP contribution in [0.3, 0.4) is 0 Å². The third kappa shape index (κ3) is 2.57. The number of rotatable bonds is 5. The minimum atomic E-state index is 0.557. The fraction of sp³-hybridized carbons (Fsp3) is 0.667. The van der Waals surface area contributed by atoms with Gasteiger partial charge in [-0.2, -0.15) is 0 Å². The van der Waals surface area contributed by atoms with E-state index < -0.39 is 0 Å². The molecule has 0 fully saturated rings. The summed E-state index contributed by atoms with van der Waals surface area (Å²) in [7, 11) is 0. The highest BCUT2D eigenvalue weighted by Crippen LogP contribution is 2.07. The number of aromatic amines is 1. The van der Waals surface area contributed by atoms with Gasteiger partial charge in [-0.3, -0.25) is 0 Å². The molecule has 0 aliphatic carbocycles. The van der Waals surface area contributed by atoms with Gasteiger partial charge in [0.2, 0.25) is 0 Å². The smallest absolute Gasteiger partial charge is 0.200 e. The van der Waals surface area contributed by atoms with Crippen molar-refractivity contribution < 1.29 is 0 Å². The zero-order valence-electron chi connectivity index (χ0n) is 7.80. The molecule has 1 rings (SSSR count). The number of aromatic nitrogens is 2. The van der Waals surface area contributed by atoms with Crippen LogP contribution in [-0.4, -0.2) is 16.0 Å². The normalized spacial score (nSPS) is 12.8. The summed E-state index contributed by atoms with van der Waals surface area (Å²) in [5.41, 5.74) is 0. The van der Waals surface area contributed by atoms with Crippen molar-refractivity contribution in [2.24, 2.45) is 0 Å². The highest BCUT2D eigenvalue weighted by atomic mass is 15.1. The molecule has 2 N–H and O–H groups in total. The summed E-state index contributed by atoms with van der Waals surface area (Å²) in [6.45, 7) is 4.39. The number of hydrogen-bond donors (Lipinski definition) is 2. The fourth-order valence-corrected chi connectivity index (χ4v) is 1.26. The summed E-state index contributed by atoms with van der Waals surface area (Å²) in [5.74, 6) is 0.885. The Morgan fingerprint density at radius 2 is 2.42 bits per heavy atom. The van der Waals surface area contributed by atoms with Gasteiger partial charge in [-0.05, 0) is 12.8 Å². The third-order valence-electron chi connectivity index (χ3n) is 1.97. The lowest BCUT2D eigenvalue weighted by atomic mass is 10.1. The van der Waals surface area contributed by atoms with E-state index in [-0.39, 0.29) is 0 Å². The van der Waals surface area contributed by atoms with E-state index in [1.807, 2.05) is 6.20 Å². The first-order valence-corrected chi connectivity index (χ1v) is 4.62. The number of H-pyrrole nitrogens is 1. The van der Waals surface area contributed by atoms with Crippen molar-refractivity contribution in [1.29, 1.82) is 0 Å². The van der Waals surface area contributed by atoms with E-state index in [1.54, 1.807) is 6.20 Å². The summed E-state index contributed by atoms with van der Waals surface area (Å²) in [4.78, 5) is 7.16. The molecule has 0 aromatic carbocycles. The molecule has 0 spiro atoms. The van der Waals surface area contributed by atoms with E-state index in [0.717, 1.165) is 12.4 Å². The molecule has 0 radical (unpaired) electrons. The van der Waals surface area contributed by atoms with Crippen LogP contribution < -0.4 is 5.32 Å². The number of hydrogen-bond acceptors (Lipinski definition) is 2. The van der Waals surface area contributed by atoms with Gasteiger partial charge in [0.05, 0.1) is 0 Å². The van der Waals surface area contributed by atoms with Gasteiger partial charge in [0, 0.05) is 18.4 Å². The summed E-state index contributed by atoms with van der Waals surface area (Å²) in [5, 5.41) is 3.34. The van der Waals surface area contributed by atoms with Crippen LogP contribution in [0.2, 0.25) is 0 Å². The Labute approximate surface area is 73.6 Å². The summed E-state index contributed by atoms with van der Waals surface area (Å²) < 4.78 is 0. The average molecular weight is 167 g/mol. The average Bonchev–Trinajstić information content (AvgIpc) is 2.56. The molecule has 0 amide bonds. The molecular weight excluding hydrogens is 150 g/mol. The molecule has 1 aromatic rings. The fourth-order valence-electron chi connectivity index (χ4n) is 1.26. The molecule has 3 heteroatoms. The monoisotopic (exact) mass is 167 g/mol. The van der Waals surface area contributed by atoms with Gasteiger partial charge in [0.1, 0.15) is 0 Å². The Hall–Kier alpha value is -0.990. The summed E-state index contributed by atoms with van der Waals surface area (Å²) in [6, 6.07) is 0.557. The van der Waals surface area contributed by atoms with E-state index in [0.29, 0.717) is 6.04 Å².